The number of pyridine rings is 1. The Labute approximate surface area is 246 Å². The van der Waals surface area contributed by atoms with Crippen LogP contribution in [-0.2, 0) is 11.8 Å². The summed E-state index contributed by atoms with van der Waals surface area (Å²) >= 11 is 12.6. The van der Waals surface area contributed by atoms with Crippen LogP contribution in [0.2, 0.25) is 10.0 Å². The van der Waals surface area contributed by atoms with Crippen LogP contribution in [0.5, 0.6) is 5.75 Å². The van der Waals surface area contributed by atoms with Crippen LogP contribution in [-0.4, -0.2) is 40.4 Å². The highest BCUT2D eigenvalue weighted by molar-refractivity contribution is 6.31. The predicted octanol–water partition coefficient (Wildman–Crippen LogP) is 5.85. The smallest absolute Gasteiger partial charge is 0.337 e. The van der Waals surface area contributed by atoms with Crippen LogP contribution in [0, 0.1) is 6.92 Å². The fourth-order valence-electron chi connectivity index (χ4n) is 5.36. The molecule has 41 heavy (non-hydrogen) atoms. The van der Waals surface area contributed by atoms with Gasteiger partial charge in [0.1, 0.15) is 16.5 Å². The van der Waals surface area contributed by atoms with E-state index in [1.54, 1.807) is 47.1 Å². The standard InChI is InChI=1S/C30H28Cl2N4O5/c1-15(2)26-24-25(33-36(26)22-12-17(30(39)41-6)7-10-23(22)40-5)29(38)35(19-13-21(32)28(37)34(4)14-19)27(24)20-9-8-18(31)11-16(20)3/h7-15,27H,1-6H3. The van der Waals surface area contributed by atoms with Gasteiger partial charge in [-0.25, -0.2) is 9.48 Å². The van der Waals surface area contributed by atoms with Crippen LogP contribution < -0.4 is 15.2 Å². The third kappa shape index (κ3) is 4.69. The molecule has 0 saturated carbocycles. The van der Waals surface area contributed by atoms with Gasteiger partial charge in [0.05, 0.1) is 37.2 Å². The van der Waals surface area contributed by atoms with Crippen molar-refractivity contribution in [2.24, 2.45) is 7.05 Å². The van der Waals surface area contributed by atoms with E-state index in [0.29, 0.717) is 33.3 Å². The number of ether oxygens (including phenoxy) is 2. The first-order valence-electron chi connectivity index (χ1n) is 12.8. The van der Waals surface area contributed by atoms with Gasteiger partial charge < -0.3 is 14.0 Å². The van der Waals surface area contributed by atoms with Crippen molar-refractivity contribution < 1.29 is 19.1 Å². The molecule has 0 radical (unpaired) electrons. The van der Waals surface area contributed by atoms with Crippen LogP contribution in [0.3, 0.4) is 0 Å². The zero-order valence-electron chi connectivity index (χ0n) is 23.4. The van der Waals surface area contributed by atoms with Gasteiger partial charge in [0.25, 0.3) is 11.5 Å². The Kier molecular flexibility index (Phi) is 7.44. The number of esters is 1. The molecule has 1 aliphatic heterocycles. The molecule has 0 saturated heterocycles. The van der Waals surface area contributed by atoms with E-state index in [4.69, 9.17) is 37.8 Å². The lowest BCUT2D eigenvalue weighted by atomic mass is 9.92. The molecule has 1 unspecified atom stereocenters. The number of methoxy groups -OCH3 is 2. The molecular formula is C30H28Cl2N4O5. The Morgan fingerprint density at radius 3 is 2.39 bits per heavy atom. The predicted molar refractivity (Wildman–Crippen MR) is 157 cm³/mol. The minimum atomic E-state index is -0.607. The normalized spacial score (nSPS) is 14.5. The maximum Gasteiger partial charge on any atom is 0.337 e. The van der Waals surface area contributed by atoms with Crippen molar-refractivity contribution in [3.8, 4) is 11.4 Å². The molecule has 0 N–H and O–H groups in total. The maximum atomic E-state index is 14.3. The molecule has 0 aliphatic carbocycles. The molecule has 0 spiro atoms. The van der Waals surface area contributed by atoms with Crippen LogP contribution in [0.1, 0.15) is 69.0 Å². The summed E-state index contributed by atoms with van der Waals surface area (Å²) < 4.78 is 13.6. The van der Waals surface area contributed by atoms with E-state index in [9.17, 15) is 14.4 Å². The highest BCUT2D eigenvalue weighted by Gasteiger charge is 2.46. The summed E-state index contributed by atoms with van der Waals surface area (Å²) in [6.07, 6.45) is 1.59. The van der Waals surface area contributed by atoms with Crippen LogP contribution >= 0.6 is 23.2 Å². The number of amides is 1. The highest BCUT2D eigenvalue weighted by Crippen LogP contribution is 2.47. The SMILES string of the molecule is COC(=O)c1ccc(OC)c(-n2nc3c(c2C(C)C)C(c2ccc(Cl)cc2C)N(c2cc(Cl)c(=O)n(C)c2)C3=O)c1. The highest BCUT2D eigenvalue weighted by atomic mass is 35.5. The Morgan fingerprint density at radius 2 is 1.78 bits per heavy atom. The third-order valence-corrected chi connectivity index (χ3v) is 7.72. The second-order valence-electron chi connectivity index (χ2n) is 10.1. The molecule has 1 atom stereocenters. The number of aromatic nitrogens is 3. The molecule has 1 amide bonds. The van der Waals surface area contributed by atoms with E-state index >= 15 is 0 Å². The average molecular weight is 595 g/mol. The largest absolute Gasteiger partial charge is 0.494 e. The number of nitrogens with zero attached hydrogens (tertiary/aromatic N) is 4. The average Bonchev–Trinajstić information content (AvgIpc) is 3.46. The van der Waals surface area contributed by atoms with Crippen molar-refractivity contribution in [1.29, 1.82) is 0 Å². The summed E-state index contributed by atoms with van der Waals surface area (Å²) in [5, 5.41) is 5.38. The zero-order chi connectivity index (χ0) is 29.7. The summed E-state index contributed by atoms with van der Waals surface area (Å²) in [4.78, 5) is 40.6. The molecule has 11 heteroatoms. The lowest BCUT2D eigenvalue weighted by Crippen LogP contribution is -2.32. The van der Waals surface area contributed by atoms with Gasteiger partial charge in [0.2, 0.25) is 0 Å². The van der Waals surface area contributed by atoms with Crippen molar-refractivity contribution in [1.82, 2.24) is 14.3 Å². The summed E-state index contributed by atoms with van der Waals surface area (Å²) in [7, 11) is 4.42. The number of hydrogen-bond donors (Lipinski definition) is 0. The van der Waals surface area contributed by atoms with E-state index in [-0.39, 0.29) is 28.1 Å². The van der Waals surface area contributed by atoms with Crippen molar-refractivity contribution in [3.63, 3.8) is 0 Å². The number of rotatable bonds is 6. The zero-order valence-corrected chi connectivity index (χ0v) is 24.9. The van der Waals surface area contributed by atoms with Gasteiger partial charge in [-0.15, -0.1) is 0 Å². The van der Waals surface area contributed by atoms with E-state index in [0.717, 1.165) is 16.8 Å². The fourth-order valence-corrected chi connectivity index (χ4v) is 5.84. The number of anilines is 1. The minimum absolute atomic E-state index is 0.00701. The molecule has 0 bridgehead atoms. The second kappa shape index (κ2) is 10.7. The van der Waals surface area contributed by atoms with Gasteiger partial charge in [-0.05, 0) is 60.4 Å². The van der Waals surface area contributed by atoms with Crippen molar-refractivity contribution in [2.45, 2.75) is 32.7 Å². The molecule has 1 aliphatic rings. The van der Waals surface area contributed by atoms with E-state index < -0.39 is 12.0 Å². The van der Waals surface area contributed by atoms with Crippen LogP contribution in [0.4, 0.5) is 5.69 Å². The van der Waals surface area contributed by atoms with Gasteiger partial charge in [-0.1, -0.05) is 43.1 Å². The van der Waals surface area contributed by atoms with Gasteiger partial charge in [-0.2, -0.15) is 5.10 Å². The van der Waals surface area contributed by atoms with Gasteiger partial charge >= 0.3 is 5.97 Å². The number of aryl methyl sites for hydroxylation is 2. The lowest BCUT2D eigenvalue weighted by Gasteiger charge is -2.29. The quantitative estimate of drug-likeness (QED) is 0.260. The number of benzene rings is 2. The first-order chi connectivity index (χ1) is 19.5. The van der Waals surface area contributed by atoms with E-state index in [2.05, 4.69) is 0 Å². The summed E-state index contributed by atoms with van der Waals surface area (Å²) in [6, 6.07) is 11.3. The van der Waals surface area contributed by atoms with Crippen molar-refractivity contribution >= 4 is 40.8 Å². The molecule has 2 aromatic carbocycles. The summed E-state index contributed by atoms with van der Waals surface area (Å²) in [5.74, 6) is -0.514. The monoisotopic (exact) mass is 594 g/mol. The Bertz CT molecular complexity index is 1750. The number of fused-ring (bicyclic) bond motifs is 1. The van der Waals surface area contributed by atoms with Crippen molar-refractivity contribution in [3.05, 3.63) is 103 Å². The molecule has 212 valence electrons. The van der Waals surface area contributed by atoms with Crippen molar-refractivity contribution in [2.75, 3.05) is 19.1 Å². The Balaban J connectivity index is 1.83. The van der Waals surface area contributed by atoms with E-state index in [1.165, 1.54) is 24.9 Å². The lowest BCUT2D eigenvalue weighted by molar-refractivity contribution is 0.0600. The number of carbonyl (C=O) groups excluding carboxylic acids is 2. The van der Waals surface area contributed by atoms with Gasteiger partial charge in [0, 0.05) is 23.8 Å². The molecule has 4 aromatic rings. The first-order valence-corrected chi connectivity index (χ1v) is 13.6. The Morgan fingerprint density at radius 1 is 1.05 bits per heavy atom. The minimum Gasteiger partial charge on any atom is -0.494 e. The third-order valence-electron chi connectivity index (χ3n) is 7.22. The second-order valence-corrected chi connectivity index (χ2v) is 11.0. The van der Waals surface area contributed by atoms with E-state index in [1.807, 2.05) is 32.9 Å². The number of hydrogen-bond acceptors (Lipinski definition) is 6. The molecule has 9 nitrogen and oxygen atoms in total. The fraction of sp³-hybridized carbons (Fsp3) is 0.267. The number of halogens is 2. The Hall–Kier alpha value is -4.08. The molecule has 5 rings (SSSR count). The molecule has 0 fully saturated rings. The first kappa shape index (κ1) is 28.4. The number of carbonyl (C=O) groups is 2. The maximum absolute atomic E-state index is 14.3. The summed E-state index contributed by atoms with van der Waals surface area (Å²) in [6.45, 7) is 5.94. The van der Waals surface area contributed by atoms with Crippen LogP contribution in [0.15, 0.2) is 53.5 Å². The topological polar surface area (TPSA) is 95.7 Å². The van der Waals surface area contributed by atoms with Gasteiger partial charge in [-0.3, -0.25) is 14.5 Å². The summed E-state index contributed by atoms with van der Waals surface area (Å²) in [5.41, 5.74) is 4.28. The molecule has 3 heterocycles. The molecular weight excluding hydrogens is 567 g/mol. The molecule has 2 aromatic heterocycles. The van der Waals surface area contributed by atoms with Gasteiger partial charge in [0.15, 0.2) is 5.69 Å². The van der Waals surface area contributed by atoms with Crippen LogP contribution in [0.25, 0.3) is 5.69 Å².